The molecular formula is C14H20N2O2. The van der Waals surface area contributed by atoms with Crippen molar-refractivity contribution in [1.29, 1.82) is 0 Å². The molecule has 1 fully saturated rings. The van der Waals surface area contributed by atoms with Gasteiger partial charge in [0.2, 0.25) is 0 Å². The van der Waals surface area contributed by atoms with Gasteiger partial charge in [0.25, 0.3) is 0 Å². The van der Waals surface area contributed by atoms with E-state index in [4.69, 9.17) is 10.5 Å². The molecular weight excluding hydrogens is 228 g/mol. The molecule has 4 heteroatoms. The van der Waals surface area contributed by atoms with Gasteiger partial charge in [-0.25, -0.2) is 4.79 Å². The average molecular weight is 248 g/mol. The summed E-state index contributed by atoms with van der Waals surface area (Å²) in [5.41, 5.74) is 7.54. The molecule has 2 rings (SSSR count). The fourth-order valence-electron chi connectivity index (χ4n) is 2.16. The number of ether oxygens (including phenoxy) is 1. The van der Waals surface area contributed by atoms with Crippen molar-refractivity contribution in [2.75, 3.05) is 24.7 Å². The predicted molar refractivity (Wildman–Crippen MR) is 72.6 cm³/mol. The number of nitrogens with two attached hydrogens (primary N) is 1. The number of carbonyl (C=O) groups excluding carboxylic acids is 1. The first-order valence-corrected chi connectivity index (χ1v) is 6.42. The Morgan fingerprint density at radius 3 is 2.89 bits per heavy atom. The summed E-state index contributed by atoms with van der Waals surface area (Å²) < 4.78 is 4.69. The SMILES string of the molecule is COC(=O)c1cc(NCCC2CCC2)ccc1N. The van der Waals surface area contributed by atoms with E-state index in [0.717, 1.165) is 18.2 Å². The first-order chi connectivity index (χ1) is 8.70. The maximum atomic E-state index is 11.5. The fourth-order valence-corrected chi connectivity index (χ4v) is 2.16. The first kappa shape index (κ1) is 12.7. The van der Waals surface area contributed by atoms with Crippen molar-refractivity contribution in [2.45, 2.75) is 25.7 Å². The largest absolute Gasteiger partial charge is 0.465 e. The van der Waals surface area contributed by atoms with Crippen LogP contribution in [-0.4, -0.2) is 19.6 Å². The molecule has 0 bridgehead atoms. The van der Waals surface area contributed by atoms with Crippen LogP contribution in [0.3, 0.4) is 0 Å². The Balaban J connectivity index is 1.93. The molecule has 1 aliphatic carbocycles. The average Bonchev–Trinajstić information content (AvgIpc) is 2.33. The molecule has 0 aliphatic heterocycles. The molecule has 0 heterocycles. The van der Waals surface area contributed by atoms with Crippen LogP contribution in [0.2, 0.25) is 0 Å². The lowest BCUT2D eigenvalue weighted by atomic mass is 9.83. The molecule has 0 amide bonds. The topological polar surface area (TPSA) is 64.3 Å². The van der Waals surface area contributed by atoms with Crippen molar-refractivity contribution in [1.82, 2.24) is 0 Å². The molecule has 0 radical (unpaired) electrons. The molecule has 98 valence electrons. The Morgan fingerprint density at radius 2 is 2.28 bits per heavy atom. The van der Waals surface area contributed by atoms with E-state index in [0.29, 0.717) is 11.3 Å². The summed E-state index contributed by atoms with van der Waals surface area (Å²) in [6.07, 6.45) is 5.28. The van der Waals surface area contributed by atoms with E-state index >= 15 is 0 Å². The second-order valence-corrected chi connectivity index (χ2v) is 4.81. The van der Waals surface area contributed by atoms with Crippen LogP contribution in [0.4, 0.5) is 11.4 Å². The van der Waals surface area contributed by atoms with Gasteiger partial charge in [0.1, 0.15) is 0 Å². The van der Waals surface area contributed by atoms with Crippen LogP contribution < -0.4 is 11.1 Å². The van der Waals surface area contributed by atoms with Crippen LogP contribution in [-0.2, 0) is 4.74 Å². The number of esters is 1. The number of benzene rings is 1. The van der Waals surface area contributed by atoms with Gasteiger partial charge in [-0.1, -0.05) is 19.3 Å². The van der Waals surface area contributed by atoms with Gasteiger partial charge < -0.3 is 15.8 Å². The van der Waals surface area contributed by atoms with Gasteiger partial charge in [-0.05, 0) is 30.5 Å². The number of nitrogen functional groups attached to an aromatic ring is 1. The zero-order chi connectivity index (χ0) is 13.0. The van der Waals surface area contributed by atoms with Crippen LogP contribution >= 0.6 is 0 Å². The van der Waals surface area contributed by atoms with Crippen LogP contribution in [0.1, 0.15) is 36.0 Å². The number of rotatable bonds is 5. The van der Waals surface area contributed by atoms with Crippen molar-refractivity contribution in [3.63, 3.8) is 0 Å². The van der Waals surface area contributed by atoms with E-state index in [2.05, 4.69) is 5.32 Å². The third-order valence-electron chi connectivity index (χ3n) is 3.57. The van der Waals surface area contributed by atoms with Crippen molar-refractivity contribution in [3.8, 4) is 0 Å². The van der Waals surface area contributed by atoms with Gasteiger partial charge in [-0.2, -0.15) is 0 Å². The van der Waals surface area contributed by atoms with Crippen LogP contribution in [0.25, 0.3) is 0 Å². The highest BCUT2D eigenvalue weighted by molar-refractivity contribution is 5.96. The molecule has 0 unspecified atom stereocenters. The lowest BCUT2D eigenvalue weighted by molar-refractivity contribution is 0.0602. The summed E-state index contributed by atoms with van der Waals surface area (Å²) in [5.74, 6) is 0.488. The zero-order valence-electron chi connectivity index (χ0n) is 10.7. The van der Waals surface area contributed by atoms with E-state index in [1.54, 1.807) is 12.1 Å². The Hall–Kier alpha value is -1.71. The summed E-state index contributed by atoms with van der Waals surface area (Å²) in [4.78, 5) is 11.5. The molecule has 0 spiro atoms. The van der Waals surface area contributed by atoms with E-state index in [9.17, 15) is 4.79 Å². The summed E-state index contributed by atoms with van der Waals surface area (Å²) >= 11 is 0. The molecule has 1 aliphatic rings. The van der Waals surface area contributed by atoms with E-state index < -0.39 is 5.97 Å². The second kappa shape index (κ2) is 5.76. The minimum atomic E-state index is -0.393. The van der Waals surface area contributed by atoms with Gasteiger partial charge in [0.05, 0.1) is 12.7 Å². The number of carbonyl (C=O) groups is 1. The molecule has 1 saturated carbocycles. The Morgan fingerprint density at radius 1 is 1.50 bits per heavy atom. The Kier molecular flexibility index (Phi) is 4.07. The normalized spacial score (nSPS) is 14.9. The van der Waals surface area contributed by atoms with Crippen molar-refractivity contribution < 1.29 is 9.53 Å². The highest BCUT2D eigenvalue weighted by Gasteiger charge is 2.16. The monoisotopic (exact) mass is 248 g/mol. The maximum Gasteiger partial charge on any atom is 0.340 e. The van der Waals surface area contributed by atoms with Crippen molar-refractivity contribution in [3.05, 3.63) is 23.8 Å². The Labute approximate surface area is 108 Å². The van der Waals surface area contributed by atoms with E-state index in [1.165, 1.54) is 32.8 Å². The second-order valence-electron chi connectivity index (χ2n) is 4.81. The third kappa shape index (κ3) is 2.94. The number of methoxy groups -OCH3 is 1. The fraction of sp³-hybridized carbons (Fsp3) is 0.500. The maximum absolute atomic E-state index is 11.5. The Bertz CT molecular complexity index is 428. The van der Waals surface area contributed by atoms with Crippen LogP contribution in [0.15, 0.2) is 18.2 Å². The minimum Gasteiger partial charge on any atom is -0.465 e. The smallest absolute Gasteiger partial charge is 0.340 e. The molecule has 3 N–H and O–H groups in total. The van der Waals surface area contributed by atoms with E-state index in [1.807, 2.05) is 6.07 Å². The number of hydrogen-bond donors (Lipinski definition) is 2. The molecule has 0 aromatic heterocycles. The number of anilines is 2. The molecule has 4 nitrogen and oxygen atoms in total. The van der Waals surface area contributed by atoms with Gasteiger partial charge >= 0.3 is 5.97 Å². The highest BCUT2D eigenvalue weighted by atomic mass is 16.5. The minimum absolute atomic E-state index is 0.393. The molecule has 0 atom stereocenters. The lowest BCUT2D eigenvalue weighted by Gasteiger charge is -2.25. The summed E-state index contributed by atoms with van der Waals surface area (Å²) in [6, 6.07) is 5.38. The third-order valence-corrected chi connectivity index (χ3v) is 3.57. The quantitative estimate of drug-likeness (QED) is 0.621. The summed E-state index contributed by atoms with van der Waals surface area (Å²) in [5, 5.41) is 3.33. The number of nitrogens with one attached hydrogen (secondary N) is 1. The van der Waals surface area contributed by atoms with Crippen LogP contribution in [0.5, 0.6) is 0 Å². The summed E-state index contributed by atoms with van der Waals surface area (Å²) in [6.45, 7) is 0.940. The highest BCUT2D eigenvalue weighted by Crippen LogP contribution is 2.29. The first-order valence-electron chi connectivity index (χ1n) is 6.42. The zero-order valence-corrected chi connectivity index (χ0v) is 10.7. The number of hydrogen-bond acceptors (Lipinski definition) is 4. The van der Waals surface area contributed by atoms with Gasteiger partial charge in [0.15, 0.2) is 0 Å². The van der Waals surface area contributed by atoms with Gasteiger partial charge in [-0.15, -0.1) is 0 Å². The molecule has 1 aromatic carbocycles. The van der Waals surface area contributed by atoms with Gasteiger partial charge in [0, 0.05) is 17.9 Å². The summed E-state index contributed by atoms with van der Waals surface area (Å²) in [7, 11) is 1.36. The van der Waals surface area contributed by atoms with Crippen molar-refractivity contribution in [2.24, 2.45) is 5.92 Å². The predicted octanol–water partition coefficient (Wildman–Crippen LogP) is 2.66. The van der Waals surface area contributed by atoms with E-state index in [-0.39, 0.29) is 0 Å². The van der Waals surface area contributed by atoms with Crippen molar-refractivity contribution >= 4 is 17.3 Å². The molecule has 1 aromatic rings. The lowest BCUT2D eigenvalue weighted by Crippen LogP contribution is -2.16. The molecule has 18 heavy (non-hydrogen) atoms. The van der Waals surface area contributed by atoms with Crippen LogP contribution in [0, 0.1) is 5.92 Å². The molecule has 0 saturated heterocycles. The van der Waals surface area contributed by atoms with Gasteiger partial charge in [-0.3, -0.25) is 0 Å². The standard InChI is InChI=1S/C14H20N2O2/c1-18-14(17)12-9-11(5-6-13(12)15)16-8-7-10-3-2-4-10/h5-6,9-10,16H,2-4,7-8,15H2,1H3.